The number of amidine groups is 1. The molecule has 0 saturated carbocycles. The van der Waals surface area contributed by atoms with Gasteiger partial charge in [-0.25, -0.2) is 0 Å². The van der Waals surface area contributed by atoms with Gasteiger partial charge in [-0.2, -0.15) is 0 Å². The maximum atomic E-state index is 4.43. The van der Waals surface area contributed by atoms with Gasteiger partial charge in [0.15, 0.2) is 0 Å². The summed E-state index contributed by atoms with van der Waals surface area (Å²) in [5, 5.41) is 0. The highest BCUT2D eigenvalue weighted by Crippen LogP contribution is 2.08. The molecule has 0 amide bonds. The highest BCUT2D eigenvalue weighted by atomic mass is 15.2. The maximum Gasteiger partial charge on any atom is 0.130 e. The Morgan fingerprint density at radius 2 is 1.75 bits per heavy atom. The second-order valence-electron chi connectivity index (χ2n) is 3.99. The average molecular weight is 218 g/mol. The van der Waals surface area contributed by atoms with E-state index in [4.69, 9.17) is 0 Å². The third-order valence-electron chi connectivity index (χ3n) is 2.59. The minimum Gasteiger partial charge on any atom is -0.358 e. The molecule has 0 aromatic heterocycles. The quantitative estimate of drug-likeness (QED) is 0.744. The molecule has 2 rings (SSSR count). The van der Waals surface area contributed by atoms with Crippen molar-refractivity contribution in [2.24, 2.45) is 4.99 Å². The molecule has 0 fully saturated rings. The number of rotatable bonds is 2. The molecule has 1 heterocycles. The molecule has 1 aromatic rings. The fourth-order valence-electron chi connectivity index (χ4n) is 1.43. The molecule has 0 saturated heterocycles. The van der Waals surface area contributed by atoms with E-state index in [1.54, 1.807) is 0 Å². The van der Waals surface area contributed by atoms with Crippen LogP contribution in [-0.2, 0) is 0 Å². The van der Waals surface area contributed by atoms with E-state index in [1.807, 2.05) is 18.2 Å². The lowest BCUT2D eigenvalue weighted by atomic mass is 10.2. The second kappa shape index (κ2) is 7.04. The van der Waals surface area contributed by atoms with Gasteiger partial charge in [-0.05, 0) is 0 Å². The molecule has 1 aliphatic rings. The third kappa shape index (κ3) is 3.69. The zero-order valence-electron chi connectivity index (χ0n) is 10.6. The first kappa shape index (κ1) is 12.8. The van der Waals surface area contributed by atoms with Gasteiger partial charge in [-0.1, -0.05) is 57.0 Å². The van der Waals surface area contributed by atoms with Crippen molar-refractivity contribution in [3.63, 3.8) is 0 Å². The third-order valence-corrected chi connectivity index (χ3v) is 2.59. The highest BCUT2D eigenvalue weighted by Gasteiger charge is 2.12. The van der Waals surface area contributed by atoms with E-state index in [2.05, 4.69) is 42.9 Å². The number of likely N-dealkylation sites (N-methyl/N-ethyl adjacent to an activating group) is 1. The van der Waals surface area contributed by atoms with Gasteiger partial charge in [0.2, 0.25) is 0 Å². The minimum atomic E-state index is 0.931. The summed E-state index contributed by atoms with van der Waals surface area (Å²) in [4.78, 5) is 6.62. The summed E-state index contributed by atoms with van der Waals surface area (Å²) in [6.07, 6.45) is 2.64. The predicted molar refractivity (Wildman–Crippen MR) is 71.1 cm³/mol. The zero-order valence-corrected chi connectivity index (χ0v) is 10.6. The van der Waals surface area contributed by atoms with Crippen LogP contribution in [0, 0.1) is 0 Å². The molecule has 0 spiro atoms. The van der Waals surface area contributed by atoms with Crippen molar-refractivity contribution in [3.05, 3.63) is 35.9 Å². The summed E-state index contributed by atoms with van der Waals surface area (Å²) in [6, 6.07) is 10.3. The van der Waals surface area contributed by atoms with E-state index in [9.17, 15) is 0 Å². The number of aliphatic imine (C=N–C) groups is 1. The van der Waals surface area contributed by atoms with Crippen molar-refractivity contribution >= 4 is 5.84 Å². The van der Waals surface area contributed by atoms with Crippen molar-refractivity contribution in [1.29, 1.82) is 0 Å². The Kier molecular flexibility index (Phi) is 5.62. The van der Waals surface area contributed by atoms with Crippen molar-refractivity contribution in [2.45, 2.75) is 26.7 Å². The smallest absolute Gasteiger partial charge is 0.130 e. The van der Waals surface area contributed by atoms with Gasteiger partial charge in [0, 0.05) is 19.2 Å². The van der Waals surface area contributed by atoms with E-state index in [1.165, 1.54) is 18.4 Å². The summed E-state index contributed by atoms with van der Waals surface area (Å²) < 4.78 is 0. The maximum absolute atomic E-state index is 4.43. The molecule has 0 unspecified atom stereocenters. The predicted octanol–water partition coefficient (Wildman–Crippen LogP) is 3.19. The second-order valence-corrected chi connectivity index (χ2v) is 3.99. The van der Waals surface area contributed by atoms with Crippen LogP contribution in [0.3, 0.4) is 0 Å². The highest BCUT2D eigenvalue weighted by molar-refractivity contribution is 5.99. The van der Waals surface area contributed by atoms with Crippen LogP contribution >= 0.6 is 0 Å². The van der Waals surface area contributed by atoms with Crippen LogP contribution in [0.4, 0.5) is 0 Å². The number of benzene rings is 1. The van der Waals surface area contributed by atoms with E-state index in [0.717, 1.165) is 18.9 Å². The molecule has 1 aliphatic heterocycles. The van der Waals surface area contributed by atoms with Crippen LogP contribution in [0.5, 0.6) is 0 Å². The number of hydrogen-bond donors (Lipinski definition) is 0. The summed E-state index contributed by atoms with van der Waals surface area (Å²) in [5.74, 6) is 1.12. The first-order valence-corrected chi connectivity index (χ1v) is 6.10. The fraction of sp³-hybridized carbons (Fsp3) is 0.500. The van der Waals surface area contributed by atoms with Crippen LogP contribution in [0.25, 0.3) is 0 Å². The summed E-state index contributed by atoms with van der Waals surface area (Å²) in [5.41, 5.74) is 1.22. The molecule has 0 N–H and O–H groups in total. The first-order chi connectivity index (χ1) is 7.79. The average Bonchev–Trinajstić information content (AvgIpc) is 2.77. The van der Waals surface area contributed by atoms with Crippen molar-refractivity contribution in [1.82, 2.24) is 4.90 Å². The molecule has 0 aliphatic carbocycles. The number of nitrogens with zero attached hydrogens (tertiary/aromatic N) is 2. The molecular weight excluding hydrogens is 196 g/mol. The van der Waals surface area contributed by atoms with E-state index in [-0.39, 0.29) is 0 Å². The Balaban J connectivity index is 0.000000280. The van der Waals surface area contributed by atoms with Gasteiger partial charge in [-0.3, -0.25) is 4.99 Å². The van der Waals surface area contributed by atoms with E-state index >= 15 is 0 Å². The van der Waals surface area contributed by atoms with Gasteiger partial charge in [0.1, 0.15) is 5.84 Å². The summed E-state index contributed by atoms with van der Waals surface area (Å²) in [7, 11) is 2.08. The van der Waals surface area contributed by atoms with Crippen LogP contribution in [0.2, 0.25) is 0 Å². The van der Waals surface area contributed by atoms with Crippen LogP contribution in [0.15, 0.2) is 35.3 Å². The lowest BCUT2D eigenvalue weighted by molar-refractivity contribution is 0.557. The van der Waals surface area contributed by atoms with Crippen LogP contribution < -0.4 is 0 Å². The van der Waals surface area contributed by atoms with E-state index < -0.39 is 0 Å². The molecule has 88 valence electrons. The normalized spacial score (nSPS) is 14.2. The molecular formula is C14H22N2. The Bertz CT molecular complexity index is 315. The minimum absolute atomic E-state index is 0.931. The van der Waals surface area contributed by atoms with Gasteiger partial charge < -0.3 is 4.90 Å². The van der Waals surface area contributed by atoms with E-state index in [0.29, 0.717) is 0 Å². The lowest BCUT2D eigenvalue weighted by Crippen LogP contribution is -2.23. The zero-order chi connectivity index (χ0) is 11.8. The lowest BCUT2D eigenvalue weighted by Gasteiger charge is -2.12. The number of hydrogen-bond acceptors (Lipinski definition) is 2. The van der Waals surface area contributed by atoms with Gasteiger partial charge >= 0.3 is 0 Å². The van der Waals surface area contributed by atoms with Crippen LogP contribution in [-0.4, -0.2) is 30.9 Å². The largest absolute Gasteiger partial charge is 0.358 e. The molecule has 1 aromatic carbocycles. The van der Waals surface area contributed by atoms with Crippen molar-refractivity contribution in [2.75, 3.05) is 20.1 Å². The Hall–Kier alpha value is -1.31. The monoisotopic (exact) mass is 218 g/mol. The van der Waals surface area contributed by atoms with Crippen molar-refractivity contribution in [3.8, 4) is 0 Å². The van der Waals surface area contributed by atoms with Gasteiger partial charge in [-0.15, -0.1) is 0 Å². The van der Waals surface area contributed by atoms with Crippen molar-refractivity contribution < 1.29 is 0 Å². The molecule has 0 radical (unpaired) electrons. The molecule has 0 bridgehead atoms. The number of unbranched alkanes of at least 4 members (excludes halogenated alkanes) is 1. The summed E-state index contributed by atoms with van der Waals surface area (Å²) in [6.45, 7) is 6.34. The van der Waals surface area contributed by atoms with Gasteiger partial charge in [0.05, 0.1) is 6.54 Å². The molecule has 2 nitrogen and oxygen atoms in total. The standard InChI is InChI=1S/C10H12N2.C4H10/c1-12-8-7-11-10(12)9-5-3-2-4-6-9;1-3-4-2/h2-6H,7-8H2,1H3;3-4H2,1-2H3. The van der Waals surface area contributed by atoms with Gasteiger partial charge in [0.25, 0.3) is 0 Å². The Morgan fingerprint density at radius 3 is 2.19 bits per heavy atom. The topological polar surface area (TPSA) is 15.6 Å². The fourth-order valence-corrected chi connectivity index (χ4v) is 1.43. The first-order valence-electron chi connectivity index (χ1n) is 6.10. The SMILES string of the molecule is CCCC.CN1CCN=C1c1ccccc1. The Morgan fingerprint density at radius 1 is 1.12 bits per heavy atom. The van der Waals surface area contributed by atoms with Crippen LogP contribution in [0.1, 0.15) is 32.3 Å². The molecule has 16 heavy (non-hydrogen) atoms. The summed E-state index contributed by atoms with van der Waals surface area (Å²) >= 11 is 0. The molecule has 2 heteroatoms. The molecule has 0 atom stereocenters. The Labute approximate surface area is 99.0 Å².